The number of amides is 1. The lowest BCUT2D eigenvalue weighted by molar-refractivity contribution is -0.0387. The van der Waals surface area contributed by atoms with Crippen molar-refractivity contribution in [3.63, 3.8) is 0 Å². The topological polar surface area (TPSA) is 29.5 Å². The normalized spacial score (nSPS) is 24.1. The molecule has 0 aliphatic carbocycles. The predicted molar refractivity (Wildman–Crippen MR) is 75.0 cm³/mol. The van der Waals surface area contributed by atoms with Gasteiger partial charge in [0.1, 0.15) is 5.82 Å². The van der Waals surface area contributed by atoms with Crippen LogP contribution >= 0.6 is 22.6 Å². The minimum atomic E-state index is -0.320. The SMILES string of the molecule is CC1CN(C(=O)c2ccc(F)cc2I)C(C)CO1. The Kier molecular flexibility index (Phi) is 4.21. The van der Waals surface area contributed by atoms with Crippen molar-refractivity contribution in [1.29, 1.82) is 0 Å². The van der Waals surface area contributed by atoms with Gasteiger partial charge in [-0.05, 0) is 54.6 Å². The van der Waals surface area contributed by atoms with Crippen LogP contribution in [0.4, 0.5) is 4.39 Å². The number of carbonyl (C=O) groups excluding carboxylic acids is 1. The quantitative estimate of drug-likeness (QED) is 0.719. The van der Waals surface area contributed by atoms with Crippen LogP contribution in [0.15, 0.2) is 18.2 Å². The van der Waals surface area contributed by atoms with Crippen LogP contribution in [0.5, 0.6) is 0 Å². The summed E-state index contributed by atoms with van der Waals surface area (Å²) in [5, 5.41) is 0. The minimum Gasteiger partial charge on any atom is -0.375 e. The molecule has 18 heavy (non-hydrogen) atoms. The first-order valence-corrected chi connectivity index (χ1v) is 6.94. The zero-order valence-electron chi connectivity index (χ0n) is 10.3. The molecule has 1 saturated heterocycles. The van der Waals surface area contributed by atoms with Crippen molar-refractivity contribution < 1.29 is 13.9 Å². The number of benzene rings is 1. The van der Waals surface area contributed by atoms with Crippen LogP contribution in [0.25, 0.3) is 0 Å². The molecule has 1 aromatic carbocycles. The van der Waals surface area contributed by atoms with Crippen molar-refractivity contribution in [1.82, 2.24) is 4.90 Å². The molecule has 3 nitrogen and oxygen atoms in total. The number of rotatable bonds is 1. The highest BCUT2D eigenvalue weighted by molar-refractivity contribution is 14.1. The fraction of sp³-hybridized carbons (Fsp3) is 0.462. The summed E-state index contributed by atoms with van der Waals surface area (Å²) >= 11 is 1.99. The standard InChI is InChI=1S/C13H15FINO2/c1-8-7-18-9(2)6-16(8)13(17)11-4-3-10(14)5-12(11)15/h3-5,8-9H,6-7H2,1-2H3. The van der Waals surface area contributed by atoms with E-state index in [1.807, 2.05) is 36.4 Å². The number of hydrogen-bond donors (Lipinski definition) is 0. The highest BCUT2D eigenvalue weighted by atomic mass is 127. The molecule has 0 radical (unpaired) electrons. The molecule has 1 heterocycles. The van der Waals surface area contributed by atoms with Crippen molar-refractivity contribution in [3.8, 4) is 0 Å². The number of morpholine rings is 1. The van der Waals surface area contributed by atoms with Gasteiger partial charge < -0.3 is 9.64 Å². The second-order valence-corrected chi connectivity index (χ2v) is 5.74. The maximum Gasteiger partial charge on any atom is 0.255 e. The molecular weight excluding hydrogens is 348 g/mol. The lowest BCUT2D eigenvalue weighted by Crippen LogP contribution is -2.50. The van der Waals surface area contributed by atoms with Gasteiger partial charge in [-0.2, -0.15) is 0 Å². The molecule has 0 spiro atoms. The molecule has 5 heteroatoms. The van der Waals surface area contributed by atoms with Crippen LogP contribution in [0, 0.1) is 9.39 Å². The second kappa shape index (κ2) is 5.52. The van der Waals surface area contributed by atoms with E-state index in [1.165, 1.54) is 12.1 Å². The van der Waals surface area contributed by atoms with E-state index in [0.717, 1.165) is 0 Å². The Hall–Kier alpha value is -0.690. The zero-order chi connectivity index (χ0) is 13.3. The summed E-state index contributed by atoms with van der Waals surface area (Å²) in [5.41, 5.74) is 0.554. The second-order valence-electron chi connectivity index (χ2n) is 4.57. The lowest BCUT2D eigenvalue weighted by Gasteiger charge is -2.37. The first-order chi connectivity index (χ1) is 8.49. The van der Waals surface area contributed by atoms with Crippen molar-refractivity contribution in [2.45, 2.75) is 26.0 Å². The third-order valence-corrected chi connectivity index (χ3v) is 3.92. The molecule has 0 aromatic heterocycles. The van der Waals surface area contributed by atoms with Gasteiger partial charge in [0.15, 0.2) is 0 Å². The summed E-state index contributed by atoms with van der Waals surface area (Å²) in [5.74, 6) is -0.374. The summed E-state index contributed by atoms with van der Waals surface area (Å²) < 4.78 is 19.2. The number of carbonyl (C=O) groups is 1. The highest BCUT2D eigenvalue weighted by Crippen LogP contribution is 2.20. The molecular formula is C13H15FINO2. The smallest absolute Gasteiger partial charge is 0.255 e. The van der Waals surface area contributed by atoms with Crippen molar-refractivity contribution in [2.75, 3.05) is 13.2 Å². The molecule has 1 aromatic rings. The van der Waals surface area contributed by atoms with E-state index in [2.05, 4.69) is 0 Å². The molecule has 0 bridgehead atoms. The molecule has 2 atom stereocenters. The predicted octanol–water partition coefficient (Wildman–Crippen LogP) is 2.68. The molecule has 0 saturated carbocycles. The lowest BCUT2D eigenvalue weighted by atomic mass is 10.1. The van der Waals surface area contributed by atoms with E-state index in [0.29, 0.717) is 22.3 Å². The number of hydrogen-bond acceptors (Lipinski definition) is 2. The molecule has 1 amide bonds. The number of ether oxygens (including phenoxy) is 1. The van der Waals surface area contributed by atoms with Gasteiger partial charge >= 0.3 is 0 Å². The van der Waals surface area contributed by atoms with Crippen molar-refractivity contribution >= 4 is 28.5 Å². The third-order valence-electron chi connectivity index (χ3n) is 3.03. The first kappa shape index (κ1) is 13.7. The van der Waals surface area contributed by atoms with Crippen LogP contribution in [0.1, 0.15) is 24.2 Å². The van der Waals surface area contributed by atoms with Crippen LogP contribution in [0.3, 0.4) is 0 Å². The molecule has 98 valence electrons. The summed E-state index contributed by atoms with van der Waals surface area (Å²) in [6.07, 6.45) is 0.0447. The van der Waals surface area contributed by atoms with Gasteiger partial charge in [0.2, 0.25) is 0 Å². The fourth-order valence-electron chi connectivity index (χ4n) is 2.00. The summed E-state index contributed by atoms with van der Waals surface area (Å²) in [4.78, 5) is 14.2. The van der Waals surface area contributed by atoms with Gasteiger partial charge in [-0.15, -0.1) is 0 Å². The van der Waals surface area contributed by atoms with Crippen LogP contribution in [-0.4, -0.2) is 36.1 Å². The van der Waals surface area contributed by atoms with Crippen molar-refractivity contribution in [2.24, 2.45) is 0 Å². The summed E-state index contributed by atoms with van der Waals surface area (Å²) in [6.45, 7) is 5.03. The summed E-state index contributed by atoms with van der Waals surface area (Å²) in [6, 6.07) is 4.30. The van der Waals surface area contributed by atoms with Crippen molar-refractivity contribution in [3.05, 3.63) is 33.1 Å². The Morgan fingerprint density at radius 2 is 2.22 bits per heavy atom. The van der Waals surface area contributed by atoms with Gasteiger partial charge in [-0.25, -0.2) is 4.39 Å². The van der Waals surface area contributed by atoms with Gasteiger partial charge in [-0.3, -0.25) is 4.79 Å². The van der Waals surface area contributed by atoms with Gasteiger partial charge in [0, 0.05) is 10.1 Å². The molecule has 1 fully saturated rings. The Labute approximate surface area is 119 Å². The van der Waals surface area contributed by atoms with E-state index < -0.39 is 0 Å². The molecule has 2 rings (SSSR count). The zero-order valence-corrected chi connectivity index (χ0v) is 12.5. The van der Waals surface area contributed by atoms with E-state index in [9.17, 15) is 9.18 Å². The van der Waals surface area contributed by atoms with E-state index in [4.69, 9.17) is 4.74 Å². The minimum absolute atomic E-state index is 0.0447. The molecule has 1 aliphatic rings. The highest BCUT2D eigenvalue weighted by Gasteiger charge is 2.29. The Morgan fingerprint density at radius 1 is 1.50 bits per heavy atom. The Balaban J connectivity index is 2.24. The Bertz CT molecular complexity index is 466. The maximum atomic E-state index is 13.0. The molecule has 0 N–H and O–H groups in total. The van der Waals surface area contributed by atoms with Crippen LogP contribution in [0.2, 0.25) is 0 Å². The third kappa shape index (κ3) is 2.83. The monoisotopic (exact) mass is 363 g/mol. The Morgan fingerprint density at radius 3 is 2.89 bits per heavy atom. The van der Waals surface area contributed by atoms with E-state index >= 15 is 0 Å². The average molecular weight is 363 g/mol. The van der Waals surface area contributed by atoms with E-state index in [1.54, 1.807) is 11.0 Å². The number of nitrogens with zero attached hydrogens (tertiary/aromatic N) is 1. The van der Waals surface area contributed by atoms with E-state index in [-0.39, 0.29) is 23.9 Å². The average Bonchev–Trinajstić information content (AvgIpc) is 2.31. The fourth-order valence-corrected chi connectivity index (χ4v) is 2.71. The van der Waals surface area contributed by atoms with Gasteiger partial charge in [0.05, 0.1) is 24.3 Å². The summed E-state index contributed by atoms with van der Waals surface area (Å²) in [7, 11) is 0. The number of halogens is 2. The first-order valence-electron chi connectivity index (χ1n) is 5.86. The van der Waals surface area contributed by atoms with Crippen LogP contribution < -0.4 is 0 Å². The van der Waals surface area contributed by atoms with Crippen LogP contribution in [-0.2, 0) is 4.74 Å². The maximum absolute atomic E-state index is 13.0. The largest absolute Gasteiger partial charge is 0.375 e. The van der Waals surface area contributed by atoms with Gasteiger partial charge in [-0.1, -0.05) is 0 Å². The molecule has 1 aliphatic heterocycles. The van der Waals surface area contributed by atoms with Gasteiger partial charge in [0.25, 0.3) is 5.91 Å². The molecule has 2 unspecified atom stereocenters.